The van der Waals surface area contributed by atoms with E-state index >= 15 is 0 Å². The van der Waals surface area contributed by atoms with Gasteiger partial charge in [0.25, 0.3) is 0 Å². The van der Waals surface area contributed by atoms with Crippen molar-refractivity contribution < 1.29 is 8.42 Å². The zero-order chi connectivity index (χ0) is 20.8. The molecule has 0 saturated heterocycles. The summed E-state index contributed by atoms with van der Waals surface area (Å²) < 4.78 is 20.4. The Bertz CT molecular complexity index is 1130. The normalized spacial score (nSPS) is 10.6. The van der Waals surface area contributed by atoms with Crippen molar-refractivity contribution in [3.63, 3.8) is 0 Å². The van der Waals surface area contributed by atoms with Crippen molar-refractivity contribution in [3.8, 4) is 5.69 Å². The number of aromatic nitrogens is 6. The summed E-state index contributed by atoms with van der Waals surface area (Å²) in [5.41, 5.74) is 4.21. The lowest BCUT2D eigenvalue weighted by Crippen LogP contribution is -2.11. The molecular weight excluding hydrogens is 390 g/mol. The molecule has 0 aliphatic rings. The molecule has 4 rings (SSSR count). The molecule has 0 radical (unpaired) electrons. The molecule has 10 heteroatoms. The first-order valence-corrected chi connectivity index (χ1v) is 9.66. The predicted molar refractivity (Wildman–Crippen MR) is 109 cm³/mol. The zero-order valence-corrected chi connectivity index (χ0v) is 17.1. The molecule has 0 amide bonds. The number of rotatable bonds is 5. The number of aryl methyl sites for hydroxylation is 1. The van der Waals surface area contributed by atoms with E-state index in [1.165, 1.54) is 0 Å². The lowest BCUT2D eigenvalue weighted by molar-refractivity contribution is 0.630. The predicted octanol–water partition coefficient (Wildman–Crippen LogP) is 2.68. The van der Waals surface area contributed by atoms with Gasteiger partial charge in [-0.15, -0.1) is 0 Å². The van der Waals surface area contributed by atoms with Gasteiger partial charge in [-0.1, -0.05) is 32.0 Å². The Hall–Kier alpha value is -3.40. The van der Waals surface area contributed by atoms with Crippen LogP contribution in [0.3, 0.4) is 0 Å². The van der Waals surface area contributed by atoms with E-state index in [4.69, 9.17) is 8.42 Å². The Morgan fingerprint density at radius 1 is 1.17 bits per heavy atom. The number of nitrogens with one attached hydrogen (secondary N) is 1. The molecular formula is C19H21N7O2S. The monoisotopic (exact) mass is 411 g/mol. The third-order valence-corrected chi connectivity index (χ3v) is 4.34. The number of para-hydroxylation sites is 1. The highest BCUT2D eigenvalue weighted by Crippen LogP contribution is 2.21. The Morgan fingerprint density at radius 3 is 2.62 bits per heavy atom. The molecule has 0 aliphatic carbocycles. The molecule has 150 valence electrons. The summed E-state index contributed by atoms with van der Waals surface area (Å²) in [6, 6.07) is 8.22. The molecule has 29 heavy (non-hydrogen) atoms. The Labute approximate surface area is 171 Å². The van der Waals surface area contributed by atoms with Gasteiger partial charge in [-0.25, -0.2) is 9.97 Å². The van der Waals surface area contributed by atoms with E-state index < -0.39 is 11.6 Å². The number of imidazole rings is 1. The molecule has 1 aromatic carbocycles. The fourth-order valence-corrected chi connectivity index (χ4v) is 3.01. The van der Waals surface area contributed by atoms with E-state index in [9.17, 15) is 0 Å². The highest BCUT2D eigenvalue weighted by atomic mass is 32.1. The van der Waals surface area contributed by atoms with Crippen molar-refractivity contribution in [2.75, 3.05) is 5.32 Å². The largest absolute Gasteiger partial charge is 0.350 e. The van der Waals surface area contributed by atoms with Gasteiger partial charge in [-0.05, 0) is 24.5 Å². The second-order valence-electron chi connectivity index (χ2n) is 6.60. The van der Waals surface area contributed by atoms with E-state index in [1.807, 2.05) is 36.0 Å². The average molecular weight is 411 g/mol. The molecule has 0 atom stereocenters. The highest BCUT2D eigenvalue weighted by molar-refractivity contribution is 7.51. The van der Waals surface area contributed by atoms with Crippen molar-refractivity contribution in [1.82, 2.24) is 29.1 Å². The van der Waals surface area contributed by atoms with E-state index in [-0.39, 0.29) is 0 Å². The standard InChI is InChI=1S/C19H21N7.O2S/c1-13(2)16-11-22-26-18(16)23-14(3)24-19(26)21-10-15-6-4-5-7-17(15)25-9-8-20-12-25;1-3-2/h4-9,11-13H,10H2,1-3H3,(H,21,23,24);. The maximum absolute atomic E-state index is 8.29. The summed E-state index contributed by atoms with van der Waals surface area (Å²) in [6.45, 7) is 6.81. The molecule has 3 heterocycles. The van der Waals surface area contributed by atoms with E-state index in [0.29, 0.717) is 18.4 Å². The van der Waals surface area contributed by atoms with E-state index in [0.717, 1.165) is 28.3 Å². The van der Waals surface area contributed by atoms with Crippen LogP contribution in [0, 0.1) is 6.92 Å². The zero-order valence-electron chi connectivity index (χ0n) is 16.3. The third-order valence-electron chi connectivity index (χ3n) is 4.34. The second kappa shape index (κ2) is 9.20. The molecule has 0 bridgehead atoms. The molecule has 1 N–H and O–H groups in total. The van der Waals surface area contributed by atoms with Crippen LogP contribution in [-0.2, 0) is 18.1 Å². The number of nitrogens with zero attached hydrogens (tertiary/aromatic N) is 6. The lowest BCUT2D eigenvalue weighted by Gasteiger charge is -2.12. The van der Waals surface area contributed by atoms with Crippen LogP contribution in [-0.4, -0.2) is 37.6 Å². The van der Waals surface area contributed by atoms with Gasteiger partial charge >= 0.3 is 11.6 Å². The molecule has 0 fully saturated rings. The van der Waals surface area contributed by atoms with E-state index in [1.54, 1.807) is 17.0 Å². The molecule has 0 saturated carbocycles. The van der Waals surface area contributed by atoms with Crippen LogP contribution >= 0.6 is 0 Å². The van der Waals surface area contributed by atoms with Crippen molar-refractivity contribution in [1.29, 1.82) is 0 Å². The molecule has 0 aliphatic heterocycles. The summed E-state index contributed by atoms with van der Waals surface area (Å²) in [6.07, 6.45) is 7.39. The quantitative estimate of drug-likeness (QED) is 0.538. The van der Waals surface area contributed by atoms with E-state index in [2.05, 4.69) is 51.3 Å². The minimum absolute atomic E-state index is 0.358. The first kappa shape index (κ1) is 20.3. The second-order valence-corrected chi connectivity index (χ2v) is 6.74. The number of anilines is 1. The smallest absolute Gasteiger partial charge is 0.335 e. The first-order chi connectivity index (χ1) is 14.0. The van der Waals surface area contributed by atoms with Gasteiger partial charge in [0.2, 0.25) is 5.95 Å². The Balaban J connectivity index is 0.000000755. The van der Waals surface area contributed by atoms with Gasteiger partial charge in [-0.2, -0.15) is 23.0 Å². The van der Waals surface area contributed by atoms with Gasteiger partial charge in [0.1, 0.15) is 5.82 Å². The summed E-state index contributed by atoms with van der Waals surface area (Å²) in [4.78, 5) is 13.2. The van der Waals surface area contributed by atoms with Crippen molar-refractivity contribution in [2.45, 2.75) is 33.2 Å². The summed E-state index contributed by atoms with van der Waals surface area (Å²) in [5.74, 6) is 1.78. The fraction of sp³-hybridized carbons (Fsp3) is 0.263. The van der Waals surface area contributed by atoms with Gasteiger partial charge in [0, 0.05) is 24.5 Å². The maximum Gasteiger partial charge on any atom is 0.335 e. The lowest BCUT2D eigenvalue weighted by atomic mass is 10.1. The Kier molecular flexibility index (Phi) is 6.45. The maximum atomic E-state index is 8.29. The summed E-state index contributed by atoms with van der Waals surface area (Å²) in [7, 11) is 0. The van der Waals surface area contributed by atoms with Gasteiger partial charge in [0.15, 0.2) is 5.65 Å². The number of fused-ring (bicyclic) bond motifs is 1. The number of benzene rings is 1. The van der Waals surface area contributed by atoms with Crippen molar-refractivity contribution in [3.05, 3.63) is 66.1 Å². The number of hydrogen-bond acceptors (Lipinski definition) is 7. The van der Waals surface area contributed by atoms with Crippen LogP contribution in [0.2, 0.25) is 0 Å². The minimum Gasteiger partial charge on any atom is -0.350 e. The SMILES string of the molecule is Cc1nc(NCc2ccccc2-n2ccnc2)n2ncc(C(C)C)c2n1.O=S=O. The molecule has 9 nitrogen and oxygen atoms in total. The highest BCUT2D eigenvalue weighted by Gasteiger charge is 2.14. The van der Waals surface area contributed by atoms with Crippen LogP contribution < -0.4 is 5.32 Å². The summed E-state index contributed by atoms with van der Waals surface area (Å²) in [5, 5.41) is 7.89. The minimum atomic E-state index is -0.750. The Morgan fingerprint density at radius 2 is 1.93 bits per heavy atom. The third kappa shape index (κ3) is 4.54. The van der Waals surface area contributed by atoms with Gasteiger partial charge < -0.3 is 9.88 Å². The van der Waals surface area contributed by atoms with Gasteiger partial charge in [-0.3, -0.25) is 0 Å². The van der Waals surface area contributed by atoms with Crippen LogP contribution in [0.25, 0.3) is 11.3 Å². The molecule has 0 spiro atoms. The number of hydrogen-bond donors (Lipinski definition) is 1. The van der Waals surface area contributed by atoms with Crippen molar-refractivity contribution >= 4 is 23.2 Å². The van der Waals surface area contributed by atoms with Crippen LogP contribution in [0.4, 0.5) is 5.95 Å². The molecule has 0 unspecified atom stereocenters. The fourth-order valence-electron chi connectivity index (χ4n) is 3.01. The summed E-state index contributed by atoms with van der Waals surface area (Å²) >= 11 is -0.750. The first-order valence-electron chi connectivity index (χ1n) is 8.99. The van der Waals surface area contributed by atoms with Gasteiger partial charge in [0.05, 0.1) is 18.2 Å². The van der Waals surface area contributed by atoms with Crippen LogP contribution in [0.15, 0.2) is 49.2 Å². The van der Waals surface area contributed by atoms with Crippen LogP contribution in [0.1, 0.15) is 36.7 Å². The van der Waals surface area contributed by atoms with Crippen molar-refractivity contribution in [2.24, 2.45) is 0 Å². The average Bonchev–Trinajstić information content (AvgIpc) is 3.37. The topological polar surface area (TPSA) is 107 Å². The van der Waals surface area contributed by atoms with Crippen LogP contribution in [0.5, 0.6) is 0 Å². The molecule has 4 aromatic rings. The molecule has 3 aromatic heterocycles.